The number of carboxylic acid groups (broad SMARTS) is 1. The average molecular weight is 346 g/mol. The summed E-state index contributed by atoms with van der Waals surface area (Å²) in [5, 5.41) is 8.82. The summed E-state index contributed by atoms with van der Waals surface area (Å²) >= 11 is 0. The smallest absolute Gasteiger partial charge is 0.374 e. The molecule has 2 rings (SSSR count). The van der Waals surface area contributed by atoms with Crippen LogP contribution in [0.4, 0.5) is 0 Å². The Kier molecular flexibility index (Phi) is 6.27. The summed E-state index contributed by atoms with van der Waals surface area (Å²) in [5.41, 5.74) is 0.997. The quantitative estimate of drug-likeness (QED) is 0.745. The topological polar surface area (TPSA) is 95.0 Å². The predicted molar refractivity (Wildman–Crippen MR) is 89.5 cm³/mol. The predicted octanol–water partition coefficient (Wildman–Crippen LogP) is 1.07. The molecule has 7 heteroatoms. The lowest BCUT2D eigenvalue weighted by Crippen LogP contribution is -2.43. The number of ketones is 1. The zero-order valence-corrected chi connectivity index (χ0v) is 14.2. The lowest BCUT2D eigenvalue weighted by atomic mass is 10.1. The molecule has 2 amide bonds. The number of benzene rings is 1. The molecule has 1 fully saturated rings. The molecule has 1 saturated heterocycles. The highest BCUT2D eigenvalue weighted by atomic mass is 16.4. The minimum absolute atomic E-state index is 0.0264. The molecule has 0 aromatic heterocycles. The van der Waals surface area contributed by atoms with Gasteiger partial charge in [0, 0.05) is 33.0 Å². The van der Waals surface area contributed by atoms with Crippen LogP contribution in [0.3, 0.4) is 0 Å². The SMILES string of the molecule is CN(Cc1ccccc1)C(=O)CCC(=O)N1CCCC1C(=O)C(=O)O. The monoisotopic (exact) mass is 346 g/mol. The van der Waals surface area contributed by atoms with E-state index in [1.807, 2.05) is 30.3 Å². The van der Waals surface area contributed by atoms with E-state index < -0.39 is 17.8 Å². The number of amides is 2. The lowest BCUT2D eigenvalue weighted by molar-refractivity contribution is -0.153. The Morgan fingerprint density at radius 2 is 1.84 bits per heavy atom. The van der Waals surface area contributed by atoms with Crippen LogP contribution in [0.5, 0.6) is 0 Å². The van der Waals surface area contributed by atoms with Gasteiger partial charge < -0.3 is 14.9 Å². The molecule has 1 atom stereocenters. The van der Waals surface area contributed by atoms with Gasteiger partial charge in [-0.25, -0.2) is 4.79 Å². The standard InChI is InChI=1S/C18H22N2O5/c1-19(12-13-6-3-2-4-7-13)15(21)9-10-16(22)20-11-5-8-14(20)17(23)18(24)25/h2-4,6-7,14H,5,8-12H2,1H3,(H,24,25). The molecule has 134 valence electrons. The van der Waals surface area contributed by atoms with Crippen molar-refractivity contribution in [1.82, 2.24) is 9.80 Å². The first-order valence-electron chi connectivity index (χ1n) is 8.24. The van der Waals surface area contributed by atoms with Crippen LogP contribution in [-0.4, -0.2) is 58.1 Å². The summed E-state index contributed by atoms with van der Waals surface area (Å²) in [6, 6.07) is 8.62. The summed E-state index contributed by atoms with van der Waals surface area (Å²) in [7, 11) is 1.67. The van der Waals surface area contributed by atoms with Gasteiger partial charge in [-0.05, 0) is 18.4 Å². The molecule has 7 nitrogen and oxygen atoms in total. The number of hydrogen-bond acceptors (Lipinski definition) is 4. The highest BCUT2D eigenvalue weighted by Crippen LogP contribution is 2.20. The van der Waals surface area contributed by atoms with Crippen molar-refractivity contribution >= 4 is 23.6 Å². The van der Waals surface area contributed by atoms with E-state index in [2.05, 4.69) is 0 Å². The van der Waals surface area contributed by atoms with Gasteiger partial charge in [0.1, 0.15) is 6.04 Å². The fourth-order valence-corrected chi connectivity index (χ4v) is 2.97. The van der Waals surface area contributed by atoms with Crippen LogP contribution in [0.2, 0.25) is 0 Å². The van der Waals surface area contributed by atoms with Crippen molar-refractivity contribution in [3.63, 3.8) is 0 Å². The highest BCUT2D eigenvalue weighted by Gasteiger charge is 2.37. The number of hydrogen-bond donors (Lipinski definition) is 1. The molecule has 1 unspecified atom stereocenters. The van der Waals surface area contributed by atoms with Gasteiger partial charge in [-0.15, -0.1) is 0 Å². The molecule has 1 aliphatic heterocycles. The Morgan fingerprint density at radius 1 is 1.16 bits per heavy atom. The van der Waals surface area contributed by atoms with E-state index in [4.69, 9.17) is 5.11 Å². The lowest BCUT2D eigenvalue weighted by Gasteiger charge is -2.23. The Hall–Kier alpha value is -2.70. The maximum Gasteiger partial charge on any atom is 0.374 e. The van der Waals surface area contributed by atoms with Crippen LogP contribution < -0.4 is 0 Å². The highest BCUT2D eigenvalue weighted by molar-refractivity contribution is 6.35. The fraction of sp³-hybridized carbons (Fsp3) is 0.444. The minimum Gasteiger partial charge on any atom is -0.475 e. The molecule has 25 heavy (non-hydrogen) atoms. The van der Waals surface area contributed by atoms with E-state index in [-0.39, 0.29) is 24.7 Å². The van der Waals surface area contributed by atoms with Crippen molar-refractivity contribution in [3.05, 3.63) is 35.9 Å². The second kappa shape index (κ2) is 8.41. The van der Waals surface area contributed by atoms with Gasteiger partial charge in [0.25, 0.3) is 5.78 Å². The van der Waals surface area contributed by atoms with Crippen molar-refractivity contribution in [2.24, 2.45) is 0 Å². The van der Waals surface area contributed by atoms with Crippen molar-refractivity contribution < 1.29 is 24.3 Å². The number of carboxylic acids is 1. The average Bonchev–Trinajstić information content (AvgIpc) is 3.09. The number of carbonyl (C=O) groups excluding carboxylic acids is 3. The van der Waals surface area contributed by atoms with Crippen LogP contribution in [0.25, 0.3) is 0 Å². The van der Waals surface area contributed by atoms with E-state index in [1.54, 1.807) is 11.9 Å². The summed E-state index contributed by atoms with van der Waals surface area (Å²) in [6.45, 7) is 0.814. The van der Waals surface area contributed by atoms with E-state index in [9.17, 15) is 19.2 Å². The Morgan fingerprint density at radius 3 is 2.48 bits per heavy atom. The summed E-state index contributed by atoms with van der Waals surface area (Å²) < 4.78 is 0. The van der Waals surface area contributed by atoms with E-state index in [1.165, 1.54) is 4.90 Å². The second-order valence-electron chi connectivity index (χ2n) is 6.15. The van der Waals surface area contributed by atoms with Crippen molar-refractivity contribution in [3.8, 4) is 0 Å². The third-order valence-electron chi connectivity index (χ3n) is 4.33. The Labute approximate surface area is 146 Å². The zero-order valence-electron chi connectivity index (χ0n) is 14.2. The number of likely N-dealkylation sites (tertiary alicyclic amines) is 1. The molecule has 0 aliphatic carbocycles. The molecular formula is C18H22N2O5. The molecule has 0 saturated carbocycles. The molecule has 0 bridgehead atoms. The molecule has 1 aromatic carbocycles. The summed E-state index contributed by atoms with van der Waals surface area (Å²) in [4.78, 5) is 49.8. The number of rotatable bonds is 7. The normalized spacial score (nSPS) is 16.5. The first-order chi connectivity index (χ1) is 11.9. The minimum atomic E-state index is -1.52. The van der Waals surface area contributed by atoms with Crippen LogP contribution in [0.15, 0.2) is 30.3 Å². The second-order valence-corrected chi connectivity index (χ2v) is 6.15. The van der Waals surface area contributed by atoms with E-state index in [0.29, 0.717) is 25.9 Å². The molecule has 1 N–H and O–H groups in total. The first-order valence-corrected chi connectivity index (χ1v) is 8.24. The fourth-order valence-electron chi connectivity index (χ4n) is 2.97. The summed E-state index contributed by atoms with van der Waals surface area (Å²) in [6.07, 6.45) is 0.962. The number of aliphatic carboxylic acids is 1. The maximum absolute atomic E-state index is 12.3. The molecular weight excluding hydrogens is 324 g/mol. The van der Waals surface area contributed by atoms with Gasteiger partial charge in [-0.2, -0.15) is 0 Å². The number of Topliss-reactive ketones (excluding diaryl/α,β-unsaturated/α-hetero) is 1. The Bertz CT molecular complexity index is 659. The van der Waals surface area contributed by atoms with Gasteiger partial charge in [-0.3, -0.25) is 14.4 Å². The largest absolute Gasteiger partial charge is 0.475 e. The van der Waals surface area contributed by atoms with Gasteiger partial charge in [0.15, 0.2) is 0 Å². The van der Waals surface area contributed by atoms with Gasteiger partial charge in [0.05, 0.1) is 0 Å². The van der Waals surface area contributed by atoms with Gasteiger partial charge in [-0.1, -0.05) is 30.3 Å². The molecule has 1 aliphatic rings. The van der Waals surface area contributed by atoms with Crippen molar-refractivity contribution in [2.75, 3.05) is 13.6 Å². The molecule has 0 spiro atoms. The molecule has 0 radical (unpaired) electrons. The number of nitrogens with zero attached hydrogens (tertiary/aromatic N) is 2. The van der Waals surface area contributed by atoms with Crippen LogP contribution in [0, 0.1) is 0 Å². The maximum atomic E-state index is 12.3. The van der Waals surface area contributed by atoms with Crippen LogP contribution >= 0.6 is 0 Å². The van der Waals surface area contributed by atoms with Crippen LogP contribution in [0.1, 0.15) is 31.2 Å². The third kappa shape index (κ3) is 4.89. The summed E-state index contributed by atoms with van der Waals surface area (Å²) in [5.74, 6) is -3.00. The van der Waals surface area contributed by atoms with Gasteiger partial charge in [0.2, 0.25) is 11.8 Å². The van der Waals surface area contributed by atoms with E-state index >= 15 is 0 Å². The Balaban J connectivity index is 1.85. The van der Waals surface area contributed by atoms with Crippen molar-refractivity contribution in [2.45, 2.75) is 38.3 Å². The first kappa shape index (κ1) is 18.6. The molecule has 1 aromatic rings. The number of carbonyl (C=O) groups is 4. The molecule has 1 heterocycles. The van der Waals surface area contributed by atoms with Crippen molar-refractivity contribution in [1.29, 1.82) is 0 Å². The van der Waals surface area contributed by atoms with E-state index in [0.717, 1.165) is 5.56 Å². The zero-order chi connectivity index (χ0) is 18.4. The van der Waals surface area contributed by atoms with Crippen LogP contribution in [-0.2, 0) is 25.7 Å². The van der Waals surface area contributed by atoms with Gasteiger partial charge >= 0.3 is 5.97 Å². The third-order valence-corrected chi connectivity index (χ3v) is 4.33.